The molecule has 1 aliphatic heterocycles. The fraction of sp³-hybridized carbons (Fsp3) is 0.154. The minimum atomic E-state index is -0.910. The molecular weight excluding hydrogens is 284 g/mol. The van der Waals surface area contributed by atoms with Gasteiger partial charge in [0.25, 0.3) is 5.88 Å². The highest BCUT2D eigenvalue weighted by Gasteiger charge is 2.15. The third-order valence-corrected chi connectivity index (χ3v) is 2.85. The molecule has 110 valence electrons. The van der Waals surface area contributed by atoms with Gasteiger partial charge in [0.05, 0.1) is 0 Å². The van der Waals surface area contributed by atoms with Crippen molar-refractivity contribution in [1.82, 2.24) is 4.98 Å². The van der Waals surface area contributed by atoms with E-state index in [1.165, 1.54) is 0 Å². The van der Waals surface area contributed by atoms with E-state index < -0.39 is 11.6 Å². The maximum absolute atomic E-state index is 13.5. The van der Waals surface area contributed by atoms with Gasteiger partial charge in [0.15, 0.2) is 29.0 Å². The van der Waals surface area contributed by atoms with Gasteiger partial charge in [-0.2, -0.15) is 4.98 Å². The van der Waals surface area contributed by atoms with Crippen LogP contribution >= 0.6 is 0 Å². The molecule has 8 heteroatoms. The Kier molecular flexibility index (Phi) is 3.44. The summed E-state index contributed by atoms with van der Waals surface area (Å²) < 4.78 is 42.4. The van der Waals surface area contributed by atoms with Crippen molar-refractivity contribution in [3.05, 3.63) is 41.5 Å². The van der Waals surface area contributed by atoms with E-state index in [0.29, 0.717) is 17.6 Å². The van der Waals surface area contributed by atoms with Crippen LogP contribution in [-0.2, 0) is 6.61 Å². The first-order valence-corrected chi connectivity index (χ1v) is 6.01. The van der Waals surface area contributed by atoms with Gasteiger partial charge < -0.3 is 19.6 Å². The first-order chi connectivity index (χ1) is 10.2. The summed E-state index contributed by atoms with van der Waals surface area (Å²) >= 11 is 0. The van der Waals surface area contributed by atoms with E-state index in [9.17, 15) is 8.78 Å². The van der Waals surface area contributed by atoms with Crippen molar-refractivity contribution in [2.75, 3.05) is 12.2 Å². The number of fused-ring (bicyclic) bond motifs is 1. The molecule has 3 N–H and O–H groups in total. The van der Waals surface area contributed by atoms with E-state index in [4.69, 9.17) is 20.1 Å². The maximum Gasteiger partial charge on any atom is 0.252 e. The summed E-state index contributed by atoms with van der Waals surface area (Å²) in [5.74, 6) is 3.86. The predicted molar refractivity (Wildman–Crippen MR) is 68.9 cm³/mol. The number of rotatable bonds is 4. The van der Waals surface area contributed by atoms with Crippen molar-refractivity contribution in [3.63, 3.8) is 0 Å². The Morgan fingerprint density at radius 2 is 2.00 bits per heavy atom. The van der Waals surface area contributed by atoms with Gasteiger partial charge in [0.1, 0.15) is 6.61 Å². The molecule has 0 aliphatic carbocycles. The SMILES string of the molecule is NNc1nc(OCc2ccc3c(c2)OCO3)c(F)cc1F. The fourth-order valence-electron chi connectivity index (χ4n) is 1.83. The lowest BCUT2D eigenvalue weighted by molar-refractivity contribution is 0.174. The van der Waals surface area contributed by atoms with Crippen LogP contribution in [0.2, 0.25) is 0 Å². The third-order valence-electron chi connectivity index (χ3n) is 2.85. The minimum absolute atomic E-state index is 0.0379. The summed E-state index contributed by atoms with van der Waals surface area (Å²) in [6, 6.07) is 5.84. The number of ether oxygens (including phenoxy) is 3. The van der Waals surface area contributed by atoms with Gasteiger partial charge in [-0.1, -0.05) is 6.07 Å². The summed E-state index contributed by atoms with van der Waals surface area (Å²) in [6.07, 6.45) is 0. The molecular formula is C13H11F2N3O3. The number of nitrogens with one attached hydrogen (secondary N) is 1. The van der Waals surface area contributed by atoms with Gasteiger partial charge in [-0.25, -0.2) is 14.6 Å². The van der Waals surface area contributed by atoms with Gasteiger partial charge in [-0.3, -0.25) is 0 Å². The average molecular weight is 295 g/mol. The van der Waals surface area contributed by atoms with Crippen LogP contribution in [-0.4, -0.2) is 11.8 Å². The third kappa shape index (κ3) is 2.65. The van der Waals surface area contributed by atoms with Gasteiger partial charge in [-0.05, 0) is 17.7 Å². The lowest BCUT2D eigenvalue weighted by atomic mass is 10.2. The zero-order valence-electron chi connectivity index (χ0n) is 10.7. The van der Waals surface area contributed by atoms with Crippen molar-refractivity contribution in [3.8, 4) is 17.4 Å². The molecule has 1 aliphatic rings. The molecule has 2 heterocycles. The Morgan fingerprint density at radius 3 is 2.81 bits per heavy atom. The van der Waals surface area contributed by atoms with Gasteiger partial charge in [0, 0.05) is 6.07 Å². The lowest BCUT2D eigenvalue weighted by Gasteiger charge is -2.09. The minimum Gasteiger partial charge on any atom is -0.471 e. The molecule has 0 radical (unpaired) electrons. The van der Waals surface area contributed by atoms with Crippen molar-refractivity contribution in [2.45, 2.75) is 6.61 Å². The number of nitrogen functional groups attached to an aromatic ring is 1. The molecule has 0 spiro atoms. The normalized spacial score (nSPS) is 12.3. The zero-order valence-corrected chi connectivity index (χ0v) is 10.7. The van der Waals surface area contributed by atoms with Gasteiger partial charge in [0.2, 0.25) is 6.79 Å². The van der Waals surface area contributed by atoms with Crippen LogP contribution in [0.25, 0.3) is 0 Å². The number of pyridine rings is 1. The van der Waals surface area contributed by atoms with Gasteiger partial charge in [-0.15, -0.1) is 0 Å². The number of hydrogen-bond acceptors (Lipinski definition) is 6. The molecule has 0 atom stereocenters. The molecule has 6 nitrogen and oxygen atoms in total. The molecule has 0 saturated heterocycles. The Bertz CT molecular complexity index is 682. The second-order valence-electron chi connectivity index (χ2n) is 4.23. The molecule has 0 fully saturated rings. The fourth-order valence-corrected chi connectivity index (χ4v) is 1.83. The summed E-state index contributed by atoms with van der Waals surface area (Å²) in [6.45, 7) is 0.204. The van der Waals surface area contributed by atoms with Crippen LogP contribution < -0.4 is 25.5 Å². The van der Waals surface area contributed by atoms with Crippen molar-refractivity contribution in [2.24, 2.45) is 5.84 Å². The Labute approximate surface area is 118 Å². The predicted octanol–water partition coefficient (Wildman–Crippen LogP) is 1.95. The van der Waals surface area contributed by atoms with E-state index in [-0.39, 0.29) is 25.1 Å². The van der Waals surface area contributed by atoms with E-state index in [2.05, 4.69) is 4.98 Å². The van der Waals surface area contributed by atoms with Crippen molar-refractivity contribution >= 4 is 5.82 Å². The number of benzene rings is 1. The monoisotopic (exact) mass is 295 g/mol. The lowest BCUT2D eigenvalue weighted by Crippen LogP contribution is -2.12. The van der Waals surface area contributed by atoms with Crippen molar-refractivity contribution in [1.29, 1.82) is 0 Å². The number of hydrazine groups is 1. The maximum atomic E-state index is 13.5. The van der Waals surface area contributed by atoms with E-state index in [1.54, 1.807) is 18.2 Å². The largest absolute Gasteiger partial charge is 0.471 e. The number of anilines is 1. The smallest absolute Gasteiger partial charge is 0.252 e. The van der Waals surface area contributed by atoms with Crippen molar-refractivity contribution < 1.29 is 23.0 Å². The Morgan fingerprint density at radius 1 is 1.19 bits per heavy atom. The van der Waals surface area contributed by atoms with Crippen LogP contribution in [0.15, 0.2) is 24.3 Å². The average Bonchev–Trinajstić information content (AvgIpc) is 2.94. The Balaban J connectivity index is 1.75. The summed E-state index contributed by atoms with van der Waals surface area (Å²) in [5.41, 5.74) is 2.75. The van der Waals surface area contributed by atoms with E-state index in [0.717, 1.165) is 5.56 Å². The van der Waals surface area contributed by atoms with E-state index >= 15 is 0 Å². The quantitative estimate of drug-likeness (QED) is 0.663. The molecule has 21 heavy (non-hydrogen) atoms. The van der Waals surface area contributed by atoms with Crippen LogP contribution in [0.3, 0.4) is 0 Å². The summed E-state index contributed by atoms with van der Waals surface area (Å²) in [7, 11) is 0. The summed E-state index contributed by atoms with van der Waals surface area (Å²) in [4.78, 5) is 3.61. The first kappa shape index (κ1) is 13.4. The van der Waals surface area contributed by atoms with Crippen LogP contribution in [0.5, 0.6) is 17.4 Å². The van der Waals surface area contributed by atoms with E-state index in [1.807, 2.05) is 5.43 Å². The second-order valence-corrected chi connectivity index (χ2v) is 4.23. The number of nitrogens with zero attached hydrogens (tertiary/aromatic N) is 1. The highest BCUT2D eigenvalue weighted by atomic mass is 19.1. The van der Waals surface area contributed by atoms with Crippen LogP contribution in [0, 0.1) is 11.6 Å². The van der Waals surface area contributed by atoms with Crippen LogP contribution in [0.4, 0.5) is 14.6 Å². The highest BCUT2D eigenvalue weighted by Crippen LogP contribution is 2.32. The highest BCUT2D eigenvalue weighted by molar-refractivity contribution is 5.44. The Hall–Kier alpha value is -2.61. The molecule has 0 amide bonds. The molecule has 1 aromatic heterocycles. The molecule has 3 rings (SSSR count). The standard InChI is InChI=1S/C13H11F2N3O3/c14-8-4-9(15)13(17-12(8)18-16)19-5-7-1-2-10-11(3-7)21-6-20-10/h1-4H,5-6,16H2,(H,17,18). The molecule has 2 aromatic rings. The number of nitrogens with two attached hydrogens (primary N) is 1. The van der Waals surface area contributed by atoms with Gasteiger partial charge >= 0.3 is 0 Å². The first-order valence-electron chi connectivity index (χ1n) is 6.01. The number of halogens is 2. The zero-order chi connectivity index (χ0) is 14.8. The molecule has 0 saturated carbocycles. The number of aromatic nitrogens is 1. The number of hydrogen-bond donors (Lipinski definition) is 2. The summed E-state index contributed by atoms with van der Waals surface area (Å²) in [5, 5.41) is 0. The topological polar surface area (TPSA) is 78.6 Å². The molecule has 1 aromatic carbocycles. The van der Waals surface area contributed by atoms with Crippen LogP contribution in [0.1, 0.15) is 5.56 Å². The molecule has 0 unspecified atom stereocenters. The second kappa shape index (κ2) is 5.41. The molecule has 0 bridgehead atoms.